The largest absolute Gasteiger partial charge is 0.396 e. The van der Waals surface area contributed by atoms with Crippen LogP contribution in [0, 0.1) is 0 Å². The molecule has 70 valence electrons. The van der Waals surface area contributed by atoms with Crippen LogP contribution in [-0.2, 0) is 9.47 Å². The summed E-state index contributed by atoms with van der Waals surface area (Å²) >= 11 is 0. The molecule has 2 atom stereocenters. The molecule has 1 rings (SSSR count). The van der Waals surface area contributed by atoms with E-state index in [1.807, 2.05) is 13.8 Å². The first-order valence-corrected chi connectivity index (χ1v) is 4.18. The van der Waals surface area contributed by atoms with Crippen LogP contribution in [0.15, 0.2) is 12.7 Å². The molecule has 0 aliphatic carbocycles. The summed E-state index contributed by atoms with van der Waals surface area (Å²) in [5, 5.41) is 8.74. The monoisotopic (exact) mass is 172 g/mol. The van der Waals surface area contributed by atoms with E-state index in [0.717, 1.165) is 0 Å². The average molecular weight is 172 g/mol. The maximum absolute atomic E-state index is 8.74. The highest BCUT2D eigenvalue weighted by atomic mass is 16.7. The minimum atomic E-state index is -0.543. The van der Waals surface area contributed by atoms with Crippen molar-refractivity contribution in [3.05, 3.63) is 12.7 Å². The SMILES string of the molecule is C=C[C@@H]1OC(C)(C)O[C@H]1CCO. The molecule has 1 aliphatic heterocycles. The Morgan fingerprint density at radius 3 is 2.67 bits per heavy atom. The Kier molecular flexibility index (Phi) is 2.88. The number of aliphatic hydroxyl groups is 1. The Bertz CT molecular complexity index is 165. The average Bonchev–Trinajstić information content (AvgIpc) is 2.26. The lowest BCUT2D eigenvalue weighted by Crippen LogP contribution is -2.22. The van der Waals surface area contributed by atoms with E-state index < -0.39 is 5.79 Å². The third-order valence-electron chi connectivity index (χ3n) is 1.87. The highest BCUT2D eigenvalue weighted by Crippen LogP contribution is 2.29. The quantitative estimate of drug-likeness (QED) is 0.647. The highest BCUT2D eigenvalue weighted by Gasteiger charge is 2.38. The van der Waals surface area contributed by atoms with Crippen molar-refractivity contribution in [3.8, 4) is 0 Å². The standard InChI is InChI=1S/C9H16O3/c1-4-7-8(5-6-10)12-9(2,3)11-7/h4,7-8,10H,1,5-6H2,2-3H3/t7-,8-/m0/s1. The van der Waals surface area contributed by atoms with E-state index in [0.29, 0.717) is 6.42 Å². The molecule has 3 nitrogen and oxygen atoms in total. The van der Waals surface area contributed by atoms with Gasteiger partial charge in [0, 0.05) is 6.61 Å². The van der Waals surface area contributed by atoms with E-state index in [1.54, 1.807) is 6.08 Å². The van der Waals surface area contributed by atoms with Gasteiger partial charge < -0.3 is 14.6 Å². The van der Waals surface area contributed by atoms with Crippen molar-refractivity contribution in [3.63, 3.8) is 0 Å². The minimum absolute atomic E-state index is 0.0532. The van der Waals surface area contributed by atoms with Gasteiger partial charge in [0.2, 0.25) is 0 Å². The molecule has 1 fully saturated rings. The predicted molar refractivity (Wildman–Crippen MR) is 45.7 cm³/mol. The molecule has 0 aromatic rings. The minimum Gasteiger partial charge on any atom is -0.396 e. The van der Waals surface area contributed by atoms with Gasteiger partial charge in [-0.25, -0.2) is 0 Å². The van der Waals surface area contributed by atoms with Crippen LogP contribution < -0.4 is 0 Å². The number of aliphatic hydroxyl groups excluding tert-OH is 1. The molecule has 0 amide bonds. The van der Waals surface area contributed by atoms with Crippen molar-refractivity contribution in [1.29, 1.82) is 0 Å². The molecule has 0 aromatic carbocycles. The molecule has 1 saturated heterocycles. The van der Waals surface area contributed by atoms with E-state index in [2.05, 4.69) is 6.58 Å². The topological polar surface area (TPSA) is 38.7 Å². The molecule has 0 saturated carbocycles. The molecular formula is C9H16O3. The van der Waals surface area contributed by atoms with Gasteiger partial charge in [-0.1, -0.05) is 6.08 Å². The van der Waals surface area contributed by atoms with Crippen LogP contribution in [0.1, 0.15) is 20.3 Å². The van der Waals surface area contributed by atoms with Gasteiger partial charge in [-0.2, -0.15) is 0 Å². The first-order valence-electron chi connectivity index (χ1n) is 4.18. The van der Waals surface area contributed by atoms with Gasteiger partial charge in [0.15, 0.2) is 5.79 Å². The van der Waals surface area contributed by atoms with Crippen LogP contribution in [0.5, 0.6) is 0 Å². The van der Waals surface area contributed by atoms with Gasteiger partial charge in [-0.15, -0.1) is 6.58 Å². The second kappa shape index (κ2) is 3.56. The molecule has 0 radical (unpaired) electrons. The molecule has 1 aliphatic rings. The van der Waals surface area contributed by atoms with Crippen LogP contribution in [-0.4, -0.2) is 29.7 Å². The number of hydrogen-bond acceptors (Lipinski definition) is 3. The van der Waals surface area contributed by atoms with Crippen molar-refractivity contribution in [2.45, 2.75) is 38.3 Å². The first-order chi connectivity index (χ1) is 5.59. The van der Waals surface area contributed by atoms with Crippen LogP contribution in [0.25, 0.3) is 0 Å². The molecule has 0 bridgehead atoms. The molecule has 0 unspecified atom stereocenters. The summed E-state index contributed by atoms with van der Waals surface area (Å²) in [5.41, 5.74) is 0. The lowest BCUT2D eigenvalue weighted by Gasteiger charge is -2.16. The normalized spacial score (nSPS) is 33.6. The highest BCUT2D eigenvalue weighted by molar-refractivity contribution is 4.92. The summed E-state index contributed by atoms with van der Waals surface area (Å²) in [6.45, 7) is 7.50. The van der Waals surface area contributed by atoms with Crippen molar-refractivity contribution in [2.75, 3.05) is 6.61 Å². The zero-order valence-electron chi connectivity index (χ0n) is 7.62. The molecule has 1 N–H and O–H groups in total. The predicted octanol–water partition coefficient (Wildman–Crippen LogP) is 1.07. The van der Waals surface area contributed by atoms with E-state index in [4.69, 9.17) is 14.6 Å². The van der Waals surface area contributed by atoms with Gasteiger partial charge in [-0.3, -0.25) is 0 Å². The van der Waals surface area contributed by atoms with Crippen molar-refractivity contribution in [2.24, 2.45) is 0 Å². The smallest absolute Gasteiger partial charge is 0.164 e. The van der Waals surface area contributed by atoms with Crippen LogP contribution in [0.2, 0.25) is 0 Å². The zero-order chi connectivity index (χ0) is 9.19. The number of rotatable bonds is 3. The van der Waals surface area contributed by atoms with Gasteiger partial charge in [0.25, 0.3) is 0 Å². The Morgan fingerprint density at radius 2 is 2.17 bits per heavy atom. The summed E-state index contributed by atoms with van der Waals surface area (Å²) in [4.78, 5) is 0. The Labute approximate surface area is 73.0 Å². The van der Waals surface area contributed by atoms with E-state index in [9.17, 15) is 0 Å². The third kappa shape index (κ3) is 2.06. The molecule has 12 heavy (non-hydrogen) atoms. The van der Waals surface area contributed by atoms with E-state index in [-0.39, 0.29) is 18.8 Å². The summed E-state index contributed by atoms with van der Waals surface area (Å²) in [7, 11) is 0. The number of ether oxygens (including phenoxy) is 2. The van der Waals surface area contributed by atoms with Crippen LogP contribution in [0.3, 0.4) is 0 Å². The Morgan fingerprint density at radius 1 is 1.50 bits per heavy atom. The fraction of sp³-hybridized carbons (Fsp3) is 0.778. The van der Waals surface area contributed by atoms with Gasteiger partial charge in [-0.05, 0) is 20.3 Å². The van der Waals surface area contributed by atoms with Gasteiger partial charge in [0.1, 0.15) is 6.10 Å². The fourth-order valence-corrected chi connectivity index (χ4v) is 1.41. The summed E-state index contributed by atoms with van der Waals surface area (Å²) in [6.07, 6.45) is 2.17. The first kappa shape index (κ1) is 9.71. The van der Waals surface area contributed by atoms with Crippen molar-refractivity contribution in [1.82, 2.24) is 0 Å². The zero-order valence-corrected chi connectivity index (χ0v) is 7.62. The lowest BCUT2D eigenvalue weighted by molar-refractivity contribution is -0.144. The van der Waals surface area contributed by atoms with Crippen molar-refractivity contribution >= 4 is 0 Å². The Balaban J connectivity index is 2.56. The second-order valence-electron chi connectivity index (χ2n) is 3.39. The molecule has 1 heterocycles. The molecule has 3 heteroatoms. The van der Waals surface area contributed by atoms with E-state index in [1.165, 1.54) is 0 Å². The van der Waals surface area contributed by atoms with Crippen LogP contribution >= 0.6 is 0 Å². The molecule has 0 aromatic heterocycles. The summed E-state index contributed by atoms with van der Waals surface area (Å²) < 4.78 is 11.1. The lowest BCUT2D eigenvalue weighted by atomic mass is 10.1. The fourth-order valence-electron chi connectivity index (χ4n) is 1.41. The maximum atomic E-state index is 8.74. The maximum Gasteiger partial charge on any atom is 0.164 e. The van der Waals surface area contributed by atoms with Gasteiger partial charge >= 0.3 is 0 Å². The van der Waals surface area contributed by atoms with E-state index >= 15 is 0 Å². The van der Waals surface area contributed by atoms with Crippen LogP contribution in [0.4, 0.5) is 0 Å². The summed E-state index contributed by atoms with van der Waals surface area (Å²) in [5.74, 6) is -0.543. The molecular weight excluding hydrogens is 156 g/mol. The van der Waals surface area contributed by atoms with Crippen molar-refractivity contribution < 1.29 is 14.6 Å². The summed E-state index contributed by atoms with van der Waals surface area (Å²) in [6, 6.07) is 0. The Hall–Kier alpha value is -0.380. The molecule has 0 spiro atoms. The number of hydrogen-bond donors (Lipinski definition) is 1. The third-order valence-corrected chi connectivity index (χ3v) is 1.87. The van der Waals surface area contributed by atoms with Gasteiger partial charge in [0.05, 0.1) is 6.10 Å². The second-order valence-corrected chi connectivity index (χ2v) is 3.39.